The number of furan rings is 1. The van der Waals surface area contributed by atoms with Crippen LogP contribution in [0.15, 0.2) is 217 Å². The molecule has 0 aliphatic heterocycles. The SMILES string of the molecule is c1ccc(-c2ccc3c4ccccc4n(-c4nc(-c5cccc(-c6ccc(-c7cccc8c7oc7ccccc78)cc6)c5)nc(-n5c6ccccc6c6ccccc65)n4)c3c2)cc1. The van der Waals surface area contributed by atoms with E-state index in [0.29, 0.717) is 17.7 Å². The third-order valence-corrected chi connectivity index (χ3v) is 12.4. The van der Waals surface area contributed by atoms with Gasteiger partial charge in [0.2, 0.25) is 11.9 Å². The molecule has 0 aliphatic carbocycles. The fourth-order valence-corrected chi connectivity index (χ4v) is 9.47. The lowest BCUT2D eigenvalue weighted by Gasteiger charge is -2.13. The second-order valence-corrected chi connectivity index (χ2v) is 16.0. The van der Waals surface area contributed by atoms with Crippen LogP contribution in [0.2, 0.25) is 0 Å². The Labute approximate surface area is 361 Å². The van der Waals surface area contributed by atoms with Gasteiger partial charge in [-0.1, -0.05) is 176 Å². The van der Waals surface area contributed by atoms with Crippen molar-refractivity contribution in [3.05, 3.63) is 212 Å². The maximum absolute atomic E-state index is 6.39. The molecule has 0 spiro atoms. The standard InChI is InChI=1S/C57H35N5O/c1-2-14-36(15-3-1)40-32-33-46-45-20-6-10-26-51(45)62(52(46)35-40)57-59-55(58-56(60-57)61-49-24-8-4-18-43(49)44-19-5-9-25-50(44)61)41-17-12-16-39(34-41)37-28-30-38(31-29-37)42-22-13-23-48-47-21-7-11-27-53(47)63-54(42)48/h1-35H. The molecule has 4 heterocycles. The molecule has 6 nitrogen and oxygen atoms in total. The summed E-state index contributed by atoms with van der Waals surface area (Å²) in [6.45, 7) is 0. The monoisotopic (exact) mass is 805 g/mol. The summed E-state index contributed by atoms with van der Waals surface area (Å²) >= 11 is 0. The number of nitrogens with zero attached hydrogens (tertiary/aromatic N) is 5. The molecule has 0 unspecified atom stereocenters. The van der Waals surface area contributed by atoms with Gasteiger partial charge in [-0.2, -0.15) is 15.0 Å². The number of hydrogen-bond donors (Lipinski definition) is 0. The Bertz CT molecular complexity index is 3860. The molecular weight excluding hydrogens is 771 g/mol. The van der Waals surface area contributed by atoms with Crippen LogP contribution in [0.4, 0.5) is 0 Å². The van der Waals surface area contributed by atoms with Gasteiger partial charge in [0, 0.05) is 43.4 Å². The largest absolute Gasteiger partial charge is 0.455 e. The van der Waals surface area contributed by atoms with E-state index in [1.54, 1.807) is 0 Å². The molecule has 0 saturated heterocycles. The quantitative estimate of drug-likeness (QED) is 0.168. The summed E-state index contributed by atoms with van der Waals surface area (Å²) in [5, 5.41) is 6.79. The van der Waals surface area contributed by atoms with Gasteiger partial charge < -0.3 is 4.42 Å². The van der Waals surface area contributed by atoms with Crippen molar-refractivity contribution in [1.82, 2.24) is 24.1 Å². The number of aromatic nitrogens is 5. The Morgan fingerprint density at radius 1 is 0.302 bits per heavy atom. The van der Waals surface area contributed by atoms with Crippen LogP contribution in [-0.2, 0) is 0 Å². The van der Waals surface area contributed by atoms with Gasteiger partial charge in [0.1, 0.15) is 11.2 Å². The van der Waals surface area contributed by atoms with E-state index in [0.717, 1.165) is 104 Å². The number of fused-ring (bicyclic) bond motifs is 9. The van der Waals surface area contributed by atoms with E-state index in [1.807, 2.05) is 12.1 Å². The van der Waals surface area contributed by atoms with Gasteiger partial charge in [-0.15, -0.1) is 0 Å². The van der Waals surface area contributed by atoms with E-state index in [9.17, 15) is 0 Å². The third-order valence-electron chi connectivity index (χ3n) is 12.4. The number of para-hydroxylation sites is 5. The predicted molar refractivity (Wildman–Crippen MR) is 258 cm³/mol. The second kappa shape index (κ2) is 14.0. The van der Waals surface area contributed by atoms with Crippen molar-refractivity contribution in [2.45, 2.75) is 0 Å². The zero-order valence-electron chi connectivity index (χ0n) is 33.9. The Kier molecular flexibility index (Phi) is 7.80. The van der Waals surface area contributed by atoms with Crippen molar-refractivity contribution in [2.24, 2.45) is 0 Å². The first-order valence-electron chi connectivity index (χ1n) is 21.2. The summed E-state index contributed by atoms with van der Waals surface area (Å²) in [6, 6.07) is 74.5. The molecule has 13 aromatic rings. The highest BCUT2D eigenvalue weighted by molar-refractivity contribution is 6.11. The first kappa shape index (κ1) is 35.2. The molecule has 0 aliphatic rings. The molecule has 0 amide bonds. The topological polar surface area (TPSA) is 61.7 Å². The summed E-state index contributed by atoms with van der Waals surface area (Å²) < 4.78 is 10.8. The molecule has 4 aromatic heterocycles. The van der Waals surface area contributed by atoms with Crippen LogP contribution in [0, 0.1) is 0 Å². The molecule has 0 fully saturated rings. The van der Waals surface area contributed by atoms with Crippen molar-refractivity contribution in [1.29, 1.82) is 0 Å². The highest BCUT2D eigenvalue weighted by Crippen LogP contribution is 2.39. The molecule has 294 valence electrons. The molecule has 63 heavy (non-hydrogen) atoms. The lowest BCUT2D eigenvalue weighted by Crippen LogP contribution is -2.10. The minimum Gasteiger partial charge on any atom is -0.455 e. The lowest BCUT2D eigenvalue weighted by atomic mass is 9.98. The fourth-order valence-electron chi connectivity index (χ4n) is 9.47. The van der Waals surface area contributed by atoms with E-state index in [-0.39, 0.29) is 0 Å². The van der Waals surface area contributed by atoms with E-state index < -0.39 is 0 Å². The lowest BCUT2D eigenvalue weighted by molar-refractivity contribution is 0.670. The minimum atomic E-state index is 0.544. The van der Waals surface area contributed by atoms with Crippen LogP contribution < -0.4 is 0 Å². The van der Waals surface area contributed by atoms with Gasteiger partial charge in [0.15, 0.2) is 5.82 Å². The third kappa shape index (κ3) is 5.62. The fraction of sp³-hybridized carbons (Fsp3) is 0. The molecule has 0 atom stereocenters. The first-order chi connectivity index (χ1) is 31.2. The number of rotatable bonds is 6. The van der Waals surface area contributed by atoms with Crippen LogP contribution in [0.25, 0.3) is 122 Å². The summed E-state index contributed by atoms with van der Waals surface area (Å²) in [6.07, 6.45) is 0. The van der Waals surface area contributed by atoms with Crippen molar-refractivity contribution in [3.63, 3.8) is 0 Å². The number of hydrogen-bond acceptors (Lipinski definition) is 4. The Morgan fingerprint density at radius 3 is 1.48 bits per heavy atom. The Morgan fingerprint density at radius 2 is 0.778 bits per heavy atom. The van der Waals surface area contributed by atoms with E-state index in [4.69, 9.17) is 19.4 Å². The predicted octanol–water partition coefficient (Wildman–Crippen LogP) is 14.6. The molecule has 0 N–H and O–H groups in total. The summed E-state index contributed by atoms with van der Waals surface area (Å²) in [5.41, 5.74) is 13.4. The van der Waals surface area contributed by atoms with Crippen molar-refractivity contribution in [2.75, 3.05) is 0 Å². The van der Waals surface area contributed by atoms with Gasteiger partial charge in [0.05, 0.1) is 22.1 Å². The number of benzene rings is 9. The normalized spacial score (nSPS) is 11.8. The molecule has 0 bridgehead atoms. The molecule has 0 radical (unpaired) electrons. The maximum atomic E-state index is 6.39. The molecule has 6 heteroatoms. The summed E-state index contributed by atoms with van der Waals surface area (Å²) in [4.78, 5) is 16.1. The zero-order valence-corrected chi connectivity index (χ0v) is 33.9. The van der Waals surface area contributed by atoms with Crippen LogP contribution >= 0.6 is 0 Å². The first-order valence-corrected chi connectivity index (χ1v) is 21.2. The minimum absolute atomic E-state index is 0.544. The van der Waals surface area contributed by atoms with Crippen LogP contribution in [0.1, 0.15) is 0 Å². The molecule has 9 aromatic carbocycles. The average molecular weight is 806 g/mol. The summed E-state index contributed by atoms with van der Waals surface area (Å²) in [7, 11) is 0. The van der Waals surface area contributed by atoms with Crippen molar-refractivity contribution < 1.29 is 4.42 Å². The Hall–Kier alpha value is -8.61. The highest BCUT2D eigenvalue weighted by Gasteiger charge is 2.21. The van der Waals surface area contributed by atoms with Gasteiger partial charge in [0.25, 0.3) is 0 Å². The maximum Gasteiger partial charge on any atom is 0.240 e. The Balaban J connectivity index is 0.997. The van der Waals surface area contributed by atoms with Gasteiger partial charge in [-0.05, 0) is 64.2 Å². The van der Waals surface area contributed by atoms with Crippen LogP contribution in [0.3, 0.4) is 0 Å². The van der Waals surface area contributed by atoms with E-state index in [2.05, 4.69) is 209 Å². The second-order valence-electron chi connectivity index (χ2n) is 16.0. The van der Waals surface area contributed by atoms with E-state index >= 15 is 0 Å². The average Bonchev–Trinajstić information content (AvgIpc) is 4.02. The van der Waals surface area contributed by atoms with Gasteiger partial charge >= 0.3 is 0 Å². The smallest absolute Gasteiger partial charge is 0.240 e. The van der Waals surface area contributed by atoms with Crippen molar-refractivity contribution >= 4 is 65.6 Å². The molecule has 0 saturated carbocycles. The zero-order chi connectivity index (χ0) is 41.4. The van der Waals surface area contributed by atoms with Crippen molar-refractivity contribution in [3.8, 4) is 56.7 Å². The van der Waals surface area contributed by atoms with Gasteiger partial charge in [-0.3, -0.25) is 9.13 Å². The van der Waals surface area contributed by atoms with E-state index in [1.165, 1.54) is 0 Å². The molecule has 13 rings (SSSR count). The summed E-state index contributed by atoms with van der Waals surface area (Å²) in [5.74, 6) is 1.67. The van der Waals surface area contributed by atoms with Crippen LogP contribution in [-0.4, -0.2) is 24.1 Å². The molecular formula is C57H35N5O. The van der Waals surface area contributed by atoms with Gasteiger partial charge in [-0.25, -0.2) is 0 Å². The van der Waals surface area contributed by atoms with Crippen LogP contribution in [0.5, 0.6) is 0 Å². The highest BCUT2D eigenvalue weighted by atomic mass is 16.3.